The van der Waals surface area contributed by atoms with Gasteiger partial charge < -0.3 is 24.6 Å². The molecule has 2 saturated heterocycles. The Hall–Kier alpha value is -5.15. The predicted octanol–water partition coefficient (Wildman–Crippen LogP) is 4.07. The minimum atomic E-state index is -0.670. The number of fused-ring (bicyclic) bond motifs is 1. The lowest BCUT2D eigenvalue weighted by Crippen LogP contribution is -2.51. The minimum absolute atomic E-state index is 0.0702. The molecule has 2 aliphatic heterocycles. The molecule has 0 radical (unpaired) electrons. The van der Waals surface area contributed by atoms with Crippen molar-refractivity contribution in [2.45, 2.75) is 30.1 Å². The van der Waals surface area contributed by atoms with Gasteiger partial charge in [0, 0.05) is 68.6 Å². The van der Waals surface area contributed by atoms with Gasteiger partial charge in [-0.15, -0.1) is 11.8 Å². The Bertz CT molecular complexity index is 2090. The van der Waals surface area contributed by atoms with Crippen LogP contribution in [0.15, 0.2) is 60.9 Å². The number of ether oxygens (including phenoxy) is 2. The van der Waals surface area contributed by atoms with Gasteiger partial charge in [-0.1, -0.05) is 0 Å². The Morgan fingerprint density at radius 3 is 2.56 bits per heavy atom. The van der Waals surface area contributed by atoms with E-state index in [9.17, 15) is 9.59 Å². The summed E-state index contributed by atoms with van der Waals surface area (Å²) in [7, 11) is 3.43. The molecule has 270 valence electrons. The number of carbonyl (C=O) groups excluding carboxylic acids is 2. The Morgan fingerprint density at radius 1 is 1.04 bits per heavy atom. The number of likely N-dealkylation sites (tertiary alicyclic amines) is 1. The maximum Gasteiger partial charge on any atom is 0.257 e. The van der Waals surface area contributed by atoms with Gasteiger partial charge in [0.1, 0.15) is 16.8 Å². The second-order valence-electron chi connectivity index (χ2n) is 13.6. The van der Waals surface area contributed by atoms with E-state index >= 15 is 0 Å². The highest BCUT2D eigenvalue weighted by Crippen LogP contribution is 2.37. The van der Waals surface area contributed by atoms with Crippen LogP contribution in [0.1, 0.15) is 19.3 Å². The molecule has 0 unspecified atom stereocenters. The number of benzene rings is 2. The van der Waals surface area contributed by atoms with Gasteiger partial charge >= 0.3 is 0 Å². The number of amides is 2. The van der Waals surface area contributed by atoms with Crippen LogP contribution in [0.5, 0.6) is 11.6 Å². The molecule has 3 aromatic heterocycles. The summed E-state index contributed by atoms with van der Waals surface area (Å²) in [6.07, 6.45) is 6.63. The van der Waals surface area contributed by atoms with Gasteiger partial charge in [0.05, 0.1) is 31.0 Å². The molecule has 3 fully saturated rings. The summed E-state index contributed by atoms with van der Waals surface area (Å²) in [6.45, 7) is 4.31. The van der Waals surface area contributed by atoms with Crippen LogP contribution in [0.25, 0.3) is 33.7 Å². The zero-order chi connectivity index (χ0) is 35.8. The number of thioether (sulfide) groups is 1. The van der Waals surface area contributed by atoms with E-state index in [4.69, 9.17) is 9.47 Å². The van der Waals surface area contributed by atoms with Crippen molar-refractivity contribution in [1.82, 2.24) is 39.7 Å². The van der Waals surface area contributed by atoms with Gasteiger partial charge in [0.25, 0.3) is 5.88 Å². The van der Waals surface area contributed by atoms with E-state index in [0.29, 0.717) is 73.7 Å². The standard InChI is InChI=1S/C37H42N10O4S/c1-44-23-38-34(43-44)24-4-7-26(8-5-24)46-16-18-47(19-17-46)32(48)21-45-15-14-37(22-45,52-3)36(49)39-25-6-11-29-28(20-25)33(42-41-29)30-12-13-31(35(40-30)50-2)51-27-9-10-27/h4-8,11-13,20,23,27H,9-10,14-19,21-22H2,1-3H3,(H,39,49)(H,41,42)/t37-/m0/s1. The summed E-state index contributed by atoms with van der Waals surface area (Å²) >= 11 is 1.54. The van der Waals surface area contributed by atoms with Crippen LogP contribution in [-0.4, -0.2) is 122 Å². The lowest BCUT2D eigenvalue weighted by atomic mass is 10.1. The molecule has 1 saturated carbocycles. The van der Waals surface area contributed by atoms with Crippen molar-refractivity contribution in [2.24, 2.45) is 7.05 Å². The molecule has 5 aromatic rings. The van der Waals surface area contributed by atoms with Crippen LogP contribution in [0, 0.1) is 0 Å². The Labute approximate surface area is 305 Å². The molecular weight excluding hydrogens is 681 g/mol. The van der Waals surface area contributed by atoms with E-state index in [1.54, 1.807) is 29.9 Å². The number of aromatic nitrogens is 6. The molecule has 8 rings (SSSR count). The number of H-pyrrole nitrogens is 1. The average molecular weight is 723 g/mol. The second-order valence-corrected chi connectivity index (χ2v) is 14.8. The van der Waals surface area contributed by atoms with Crippen LogP contribution in [0.4, 0.5) is 11.4 Å². The molecule has 3 aliphatic rings. The normalized spacial score (nSPS) is 19.3. The van der Waals surface area contributed by atoms with Crippen LogP contribution in [0.2, 0.25) is 0 Å². The molecule has 14 nitrogen and oxygen atoms in total. The lowest BCUT2D eigenvalue weighted by Gasteiger charge is -2.37. The summed E-state index contributed by atoms with van der Waals surface area (Å²) in [4.78, 5) is 42.7. The number of pyridine rings is 1. The first kappa shape index (κ1) is 34.0. The highest BCUT2D eigenvalue weighted by molar-refractivity contribution is 8.00. The lowest BCUT2D eigenvalue weighted by molar-refractivity contribution is -0.132. The van der Waals surface area contributed by atoms with E-state index in [1.165, 1.54) is 0 Å². The fourth-order valence-corrected chi connectivity index (χ4v) is 7.77. The number of aromatic amines is 1. The van der Waals surface area contributed by atoms with Gasteiger partial charge in [0.2, 0.25) is 11.8 Å². The summed E-state index contributed by atoms with van der Waals surface area (Å²) in [5, 5.41) is 16.0. The first-order valence-electron chi connectivity index (χ1n) is 17.6. The van der Waals surface area contributed by atoms with Crippen LogP contribution in [0.3, 0.4) is 0 Å². The maximum atomic E-state index is 13.9. The fourth-order valence-electron chi connectivity index (χ4n) is 6.93. The first-order valence-corrected chi connectivity index (χ1v) is 18.8. The topological polar surface area (TPSA) is 147 Å². The zero-order valence-electron chi connectivity index (χ0n) is 29.5. The summed E-state index contributed by atoms with van der Waals surface area (Å²) in [5.41, 5.74) is 4.89. The number of carbonyl (C=O) groups is 2. The number of methoxy groups -OCH3 is 1. The number of piperazine rings is 1. The molecule has 1 atom stereocenters. The number of nitrogens with one attached hydrogen (secondary N) is 2. The van der Waals surface area contributed by atoms with E-state index in [2.05, 4.69) is 52.5 Å². The summed E-state index contributed by atoms with van der Waals surface area (Å²) in [6, 6.07) is 17.7. The Balaban J connectivity index is 0.870. The average Bonchev–Trinajstić information content (AvgIpc) is 3.51. The molecule has 0 bridgehead atoms. The zero-order valence-corrected chi connectivity index (χ0v) is 30.4. The molecule has 0 spiro atoms. The van der Waals surface area contributed by atoms with E-state index in [-0.39, 0.29) is 17.9 Å². The van der Waals surface area contributed by atoms with Gasteiger partial charge in [-0.05, 0) is 80.1 Å². The van der Waals surface area contributed by atoms with Crippen LogP contribution >= 0.6 is 11.8 Å². The number of rotatable bonds is 11. The number of anilines is 2. The number of aryl methyl sites for hydroxylation is 1. The van der Waals surface area contributed by atoms with Crippen molar-refractivity contribution < 1.29 is 19.1 Å². The third kappa shape index (κ3) is 6.89. The summed E-state index contributed by atoms with van der Waals surface area (Å²) in [5.74, 6) is 1.77. The van der Waals surface area contributed by atoms with E-state index in [0.717, 1.165) is 48.1 Å². The quantitative estimate of drug-likeness (QED) is 0.204. The molecular formula is C37H42N10O4S. The number of hydrogen-bond donors (Lipinski definition) is 2. The monoisotopic (exact) mass is 722 g/mol. The van der Waals surface area contributed by atoms with E-state index < -0.39 is 4.75 Å². The van der Waals surface area contributed by atoms with Gasteiger partial charge in [-0.3, -0.25) is 24.3 Å². The van der Waals surface area contributed by atoms with Gasteiger partial charge in [-0.2, -0.15) is 10.2 Å². The molecule has 15 heteroatoms. The molecule has 5 heterocycles. The largest absolute Gasteiger partial charge is 0.485 e. The van der Waals surface area contributed by atoms with Crippen molar-refractivity contribution in [3.63, 3.8) is 0 Å². The molecule has 2 amide bonds. The minimum Gasteiger partial charge on any atom is -0.485 e. The van der Waals surface area contributed by atoms with Gasteiger partial charge in [-0.25, -0.2) is 9.97 Å². The maximum absolute atomic E-state index is 13.9. The van der Waals surface area contributed by atoms with Crippen molar-refractivity contribution in [1.29, 1.82) is 0 Å². The number of hydrogen-bond acceptors (Lipinski definition) is 11. The summed E-state index contributed by atoms with van der Waals surface area (Å²) < 4.78 is 12.5. The molecule has 52 heavy (non-hydrogen) atoms. The fraction of sp³-hybridized carbons (Fsp3) is 0.405. The third-order valence-corrected chi connectivity index (χ3v) is 11.4. The first-order chi connectivity index (χ1) is 25.3. The van der Waals surface area contributed by atoms with Crippen molar-refractivity contribution >= 4 is 45.9 Å². The van der Waals surface area contributed by atoms with E-state index in [1.807, 2.05) is 60.7 Å². The van der Waals surface area contributed by atoms with Crippen LogP contribution < -0.4 is 19.7 Å². The predicted molar refractivity (Wildman–Crippen MR) is 201 cm³/mol. The number of nitrogens with zero attached hydrogens (tertiary/aromatic N) is 8. The second kappa shape index (κ2) is 14.1. The third-order valence-electron chi connectivity index (χ3n) is 10.1. The van der Waals surface area contributed by atoms with Crippen molar-refractivity contribution in [2.75, 3.05) is 69.4 Å². The van der Waals surface area contributed by atoms with Crippen LogP contribution in [-0.2, 0) is 16.6 Å². The highest BCUT2D eigenvalue weighted by atomic mass is 32.2. The van der Waals surface area contributed by atoms with Gasteiger partial charge in [0.15, 0.2) is 11.6 Å². The molecule has 1 aliphatic carbocycles. The highest BCUT2D eigenvalue weighted by Gasteiger charge is 2.45. The Morgan fingerprint density at radius 2 is 1.85 bits per heavy atom. The Kier molecular flexibility index (Phi) is 9.22. The van der Waals surface area contributed by atoms with Crippen molar-refractivity contribution in [3.8, 4) is 34.4 Å². The smallest absolute Gasteiger partial charge is 0.257 e. The molecule has 2 aromatic carbocycles. The molecule has 2 N–H and O–H groups in total. The SMILES string of the molecule is COc1nc(-c2n[nH]c3ccc(NC(=O)[C@]4(SC)CCN(CC(=O)N5CCN(c6ccc(-c7ncn(C)n7)cc6)CC5)C4)cc23)ccc1OC1CC1. The van der Waals surface area contributed by atoms with Crippen molar-refractivity contribution in [3.05, 3.63) is 60.9 Å².